The van der Waals surface area contributed by atoms with Gasteiger partial charge >= 0.3 is 0 Å². The van der Waals surface area contributed by atoms with Crippen molar-refractivity contribution in [2.24, 2.45) is 0 Å². The number of carbonyl (C=O) groups is 1. The third-order valence-corrected chi connectivity index (χ3v) is 6.44. The Hall–Kier alpha value is -1.95. The molecule has 1 saturated heterocycles. The monoisotopic (exact) mass is 418 g/mol. The highest BCUT2D eigenvalue weighted by atomic mass is 35.5. The lowest BCUT2D eigenvalue weighted by Gasteiger charge is -2.25. The summed E-state index contributed by atoms with van der Waals surface area (Å²) in [6, 6.07) is 14.9. The third-order valence-electron chi connectivity index (χ3n) is 4.53. The van der Waals surface area contributed by atoms with Crippen molar-refractivity contribution in [1.82, 2.24) is 10.1 Å². The van der Waals surface area contributed by atoms with Crippen LogP contribution in [-0.2, 0) is 0 Å². The lowest BCUT2D eigenvalue weighted by atomic mass is 10.0. The number of benzene rings is 2. The maximum absolute atomic E-state index is 13.5. The normalized spacial score (nSPS) is 16.7. The highest BCUT2D eigenvalue weighted by molar-refractivity contribution is 7.99. The van der Waals surface area contributed by atoms with Gasteiger partial charge in [0.25, 0.3) is 5.91 Å². The molecule has 1 atom stereocenters. The molecule has 27 heavy (non-hydrogen) atoms. The Morgan fingerprint density at radius 2 is 1.85 bits per heavy atom. The number of hydrogen-bond acceptors (Lipinski definition) is 4. The van der Waals surface area contributed by atoms with Gasteiger partial charge in [-0.25, -0.2) is 0 Å². The first kappa shape index (κ1) is 18.4. The number of rotatable bonds is 3. The fourth-order valence-corrected chi connectivity index (χ4v) is 5.04. The minimum absolute atomic E-state index is 0.126. The Labute approximate surface area is 171 Å². The summed E-state index contributed by atoms with van der Waals surface area (Å²) in [6.07, 6.45) is 0. The first-order chi connectivity index (χ1) is 13.1. The van der Waals surface area contributed by atoms with Crippen LogP contribution in [0.3, 0.4) is 0 Å². The maximum Gasteiger partial charge on any atom is 0.260 e. The molecule has 0 spiro atoms. The lowest BCUT2D eigenvalue weighted by molar-refractivity contribution is 0.0759. The highest BCUT2D eigenvalue weighted by Crippen LogP contribution is 2.42. The summed E-state index contributed by atoms with van der Waals surface area (Å²) in [5.41, 5.74) is 2.53. The van der Waals surface area contributed by atoms with Gasteiger partial charge in [0.15, 0.2) is 0 Å². The van der Waals surface area contributed by atoms with E-state index < -0.39 is 0 Å². The average molecular weight is 419 g/mol. The van der Waals surface area contributed by atoms with E-state index in [1.165, 1.54) is 0 Å². The molecule has 4 rings (SSSR count). The van der Waals surface area contributed by atoms with E-state index in [4.69, 9.17) is 27.7 Å². The Morgan fingerprint density at radius 1 is 1.15 bits per heavy atom. The van der Waals surface area contributed by atoms with Crippen molar-refractivity contribution in [3.63, 3.8) is 0 Å². The number of amides is 1. The minimum atomic E-state index is -0.139. The summed E-state index contributed by atoms with van der Waals surface area (Å²) in [7, 11) is 0. The number of halogens is 2. The van der Waals surface area contributed by atoms with Gasteiger partial charge in [-0.1, -0.05) is 64.8 Å². The highest BCUT2D eigenvalue weighted by Gasteiger charge is 2.36. The van der Waals surface area contributed by atoms with Crippen molar-refractivity contribution in [1.29, 1.82) is 0 Å². The standard InChI is InChI=1S/C20H16Cl2N2O2S/c1-12-17(18(23-26-12)13-6-2-4-8-15(13)21)19(25)24-10-11-27-20(24)14-7-3-5-9-16(14)22/h2-9,20H,10-11H2,1H3. The molecule has 138 valence electrons. The van der Waals surface area contributed by atoms with Gasteiger partial charge in [-0.2, -0.15) is 0 Å². The Kier molecular flexibility index (Phi) is 5.17. The third kappa shape index (κ3) is 3.35. The minimum Gasteiger partial charge on any atom is -0.360 e. The van der Waals surface area contributed by atoms with Crippen molar-refractivity contribution in [3.05, 3.63) is 75.5 Å². The van der Waals surface area contributed by atoms with Crippen LogP contribution < -0.4 is 0 Å². The van der Waals surface area contributed by atoms with Crippen LogP contribution in [0.2, 0.25) is 10.0 Å². The molecule has 1 fully saturated rings. The quantitative estimate of drug-likeness (QED) is 0.535. The molecule has 0 N–H and O–H groups in total. The summed E-state index contributed by atoms with van der Waals surface area (Å²) >= 11 is 14.4. The Morgan fingerprint density at radius 3 is 2.59 bits per heavy atom. The molecule has 0 bridgehead atoms. The van der Waals surface area contributed by atoms with Gasteiger partial charge in [-0.05, 0) is 19.1 Å². The van der Waals surface area contributed by atoms with Crippen LogP contribution >= 0.6 is 35.0 Å². The summed E-state index contributed by atoms with van der Waals surface area (Å²) in [5.74, 6) is 1.19. The van der Waals surface area contributed by atoms with Crippen molar-refractivity contribution in [3.8, 4) is 11.3 Å². The second kappa shape index (κ2) is 7.58. The zero-order chi connectivity index (χ0) is 19.0. The molecule has 1 aromatic heterocycles. The van der Waals surface area contributed by atoms with Gasteiger partial charge in [0.1, 0.15) is 22.4 Å². The smallest absolute Gasteiger partial charge is 0.260 e. The molecular weight excluding hydrogens is 403 g/mol. The van der Waals surface area contributed by atoms with Gasteiger partial charge in [0, 0.05) is 28.4 Å². The Bertz CT molecular complexity index is 1010. The van der Waals surface area contributed by atoms with E-state index in [0.717, 1.165) is 11.3 Å². The predicted molar refractivity (Wildman–Crippen MR) is 109 cm³/mol. The molecule has 7 heteroatoms. The number of aromatic nitrogens is 1. The number of thioether (sulfide) groups is 1. The van der Waals surface area contributed by atoms with E-state index in [9.17, 15) is 4.79 Å². The second-order valence-corrected chi connectivity index (χ2v) is 8.19. The molecule has 1 aliphatic rings. The van der Waals surface area contributed by atoms with E-state index in [2.05, 4.69) is 5.16 Å². The zero-order valence-corrected chi connectivity index (χ0v) is 16.8. The molecule has 2 aromatic carbocycles. The first-order valence-corrected chi connectivity index (χ1v) is 10.3. The number of hydrogen-bond donors (Lipinski definition) is 0. The summed E-state index contributed by atoms with van der Waals surface area (Å²) < 4.78 is 5.36. The van der Waals surface area contributed by atoms with Crippen molar-refractivity contribution >= 4 is 40.9 Å². The second-order valence-electron chi connectivity index (χ2n) is 6.19. The number of nitrogens with zero attached hydrogens (tertiary/aromatic N) is 2. The number of aryl methyl sites for hydroxylation is 1. The first-order valence-electron chi connectivity index (χ1n) is 8.46. The fraction of sp³-hybridized carbons (Fsp3) is 0.200. The summed E-state index contributed by atoms with van der Waals surface area (Å²) in [6.45, 7) is 2.38. The van der Waals surface area contributed by atoms with E-state index in [-0.39, 0.29) is 11.3 Å². The van der Waals surface area contributed by atoms with Crippen LogP contribution in [-0.4, -0.2) is 28.3 Å². The lowest BCUT2D eigenvalue weighted by Crippen LogP contribution is -2.31. The molecule has 0 aliphatic carbocycles. The number of carbonyl (C=O) groups excluding carboxylic acids is 1. The molecule has 2 heterocycles. The molecule has 0 saturated carbocycles. The van der Waals surface area contributed by atoms with Crippen LogP contribution in [0.25, 0.3) is 11.3 Å². The van der Waals surface area contributed by atoms with Crippen molar-refractivity contribution in [2.45, 2.75) is 12.3 Å². The molecule has 1 aliphatic heterocycles. The van der Waals surface area contributed by atoms with Gasteiger partial charge in [0.2, 0.25) is 0 Å². The molecule has 3 aromatic rings. The molecule has 0 radical (unpaired) electrons. The topological polar surface area (TPSA) is 46.3 Å². The molecular formula is C20H16Cl2N2O2S. The van der Waals surface area contributed by atoms with E-state index >= 15 is 0 Å². The summed E-state index contributed by atoms with van der Waals surface area (Å²) in [4.78, 5) is 15.3. The van der Waals surface area contributed by atoms with E-state index in [1.54, 1.807) is 24.8 Å². The van der Waals surface area contributed by atoms with Crippen LogP contribution in [0.5, 0.6) is 0 Å². The van der Waals surface area contributed by atoms with E-state index in [0.29, 0.717) is 39.2 Å². The van der Waals surface area contributed by atoms with Gasteiger partial charge < -0.3 is 9.42 Å². The van der Waals surface area contributed by atoms with Crippen LogP contribution in [0.15, 0.2) is 53.1 Å². The fourth-order valence-electron chi connectivity index (χ4n) is 3.22. The van der Waals surface area contributed by atoms with E-state index in [1.807, 2.05) is 47.4 Å². The molecule has 1 unspecified atom stereocenters. The maximum atomic E-state index is 13.5. The molecule has 4 nitrogen and oxygen atoms in total. The largest absolute Gasteiger partial charge is 0.360 e. The van der Waals surface area contributed by atoms with Crippen LogP contribution in [0.1, 0.15) is 27.1 Å². The van der Waals surface area contributed by atoms with Gasteiger partial charge in [0.05, 0.1) is 5.02 Å². The van der Waals surface area contributed by atoms with Gasteiger partial charge in [-0.3, -0.25) is 4.79 Å². The van der Waals surface area contributed by atoms with Crippen molar-refractivity contribution < 1.29 is 9.32 Å². The predicted octanol–water partition coefficient (Wildman–Crippen LogP) is 5.84. The zero-order valence-electron chi connectivity index (χ0n) is 14.5. The Balaban J connectivity index is 1.75. The molecule has 1 amide bonds. The SMILES string of the molecule is Cc1onc(-c2ccccc2Cl)c1C(=O)N1CCSC1c1ccccc1Cl. The van der Waals surface area contributed by atoms with Crippen molar-refractivity contribution in [2.75, 3.05) is 12.3 Å². The van der Waals surface area contributed by atoms with Crippen LogP contribution in [0.4, 0.5) is 0 Å². The average Bonchev–Trinajstić information content (AvgIpc) is 3.29. The van der Waals surface area contributed by atoms with Gasteiger partial charge in [-0.15, -0.1) is 11.8 Å². The van der Waals surface area contributed by atoms with Crippen LogP contribution in [0, 0.1) is 6.92 Å². The summed E-state index contributed by atoms with van der Waals surface area (Å²) in [5, 5.41) is 5.16.